The maximum atomic E-state index is 13.8. The summed E-state index contributed by atoms with van der Waals surface area (Å²) in [5.41, 5.74) is 1.56. The van der Waals surface area contributed by atoms with Crippen LogP contribution in [0.1, 0.15) is 31.7 Å². The quantitative estimate of drug-likeness (QED) is 0.738. The Morgan fingerprint density at radius 3 is 2.47 bits per heavy atom. The number of benzene rings is 2. The number of amides is 2. The molecule has 0 saturated heterocycles. The van der Waals surface area contributed by atoms with Crippen LogP contribution in [0.4, 0.5) is 10.1 Å². The van der Waals surface area contributed by atoms with Gasteiger partial charge in [0.2, 0.25) is 11.8 Å². The number of anilines is 1. The fourth-order valence-corrected chi connectivity index (χ4v) is 3.54. The van der Waals surface area contributed by atoms with Crippen molar-refractivity contribution in [2.24, 2.45) is 0 Å². The number of carbonyl (C=O) groups excluding carboxylic acids is 3. The SMILES string of the molecule is CCOC(=O)C1=C(C)N(CC(=O)Nc2ccccc2F)C(=O)CC1c1ccccc1. The third kappa shape index (κ3) is 4.56. The summed E-state index contributed by atoms with van der Waals surface area (Å²) in [4.78, 5) is 39.3. The molecule has 0 aromatic heterocycles. The highest BCUT2D eigenvalue weighted by molar-refractivity contribution is 5.99. The van der Waals surface area contributed by atoms with Crippen molar-refractivity contribution in [3.05, 3.63) is 77.2 Å². The van der Waals surface area contributed by atoms with E-state index in [9.17, 15) is 18.8 Å². The van der Waals surface area contributed by atoms with Gasteiger partial charge >= 0.3 is 5.97 Å². The normalized spacial score (nSPS) is 16.4. The van der Waals surface area contributed by atoms with E-state index in [0.717, 1.165) is 5.56 Å². The van der Waals surface area contributed by atoms with Gasteiger partial charge in [-0.1, -0.05) is 42.5 Å². The lowest BCUT2D eigenvalue weighted by Gasteiger charge is -2.34. The van der Waals surface area contributed by atoms with Gasteiger partial charge in [0.25, 0.3) is 0 Å². The van der Waals surface area contributed by atoms with Crippen molar-refractivity contribution in [2.45, 2.75) is 26.2 Å². The minimum absolute atomic E-state index is 0.0290. The van der Waals surface area contributed by atoms with E-state index in [1.54, 1.807) is 19.9 Å². The van der Waals surface area contributed by atoms with E-state index in [0.29, 0.717) is 11.3 Å². The van der Waals surface area contributed by atoms with Crippen molar-refractivity contribution in [1.29, 1.82) is 0 Å². The smallest absolute Gasteiger partial charge is 0.336 e. The topological polar surface area (TPSA) is 75.7 Å². The number of carbonyl (C=O) groups is 3. The number of rotatable bonds is 6. The van der Waals surface area contributed by atoms with Crippen LogP contribution in [-0.4, -0.2) is 35.8 Å². The first-order valence-corrected chi connectivity index (χ1v) is 9.70. The van der Waals surface area contributed by atoms with Crippen molar-refractivity contribution in [3.63, 3.8) is 0 Å². The fraction of sp³-hybridized carbons (Fsp3) is 0.261. The highest BCUT2D eigenvalue weighted by Crippen LogP contribution is 2.36. The van der Waals surface area contributed by atoms with Crippen LogP contribution in [-0.2, 0) is 19.1 Å². The Kier molecular flexibility index (Phi) is 6.61. The number of para-hydroxylation sites is 1. The van der Waals surface area contributed by atoms with Gasteiger partial charge < -0.3 is 15.0 Å². The standard InChI is InChI=1S/C23H23FN2O4/c1-3-30-23(29)22-15(2)26(14-20(27)25-19-12-8-7-11-18(19)24)21(28)13-17(22)16-9-5-4-6-10-16/h4-12,17H,3,13-14H2,1-2H3,(H,25,27). The van der Waals surface area contributed by atoms with Gasteiger partial charge in [0.15, 0.2) is 0 Å². The molecule has 0 fully saturated rings. The van der Waals surface area contributed by atoms with Gasteiger partial charge in [-0.05, 0) is 31.5 Å². The van der Waals surface area contributed by atoms with Gasteiger partial charge in [-0.25, -0.2) is 9.18 Å². The van der Waals surface area contributed by atoms with Gasteiger partial charge in [0.05, 0.1) is 17.9 Å². The molecule has 1 N–H and O–H groups in total. The molecule has 1 aliphatic heterocycles. The maximum absolute atomic E-state index is 13.8. The minimum Gasteiger partial charge on any atom is -0.463 e. The van der Waals surface area contributed by atoms with Crippen LogP contribution in [0.3, 0.4) is 0 Å². The number of allylic oxidation sites excluding steroid dienone is 1. The zero-order chi connectivity index (χ0) is 21.7. The molecule has 30 heavy (non-hydrogen) atoms. The summed E-state index contributed by atoms with van der Waals surface area (Å²) in [6.45, 7) is 3.19. The van der Waals surface area contributed by atoms with E-state index in [4.69, 9.17) is 4.74 Å². The van der Waals surface area contributed by atoms with E-state index in [1.165, 1.54) is 23.1 Å². The summed E-state index contributed by atoms with van der Waals surface area (Å²) >= 11 is 0. The molecule has 2 aromatic carbocycles. The summed E-state index contributed by atoms with van der Waals surface area (Å²) < 4.78 is 19.0. The second kappa shape index (κ2) is 9.35. The minimum atomic E-state index is -0.570. The molecule has 0 saturated carbocycles. The Balaban J connectivity index is 1.90. The third-order valence-corrected chi connectivity index (χ3v) is 4.97. The summed E-state index contributed by atoms with van der Waals surface area (Å²) in [7, 11) is 0. The van der Waals surface area contributed by atoms with Crippen LogP contribution in [0.5, 0.6) is 0 Å². The molecule has 2 aromatic rings. The summed E-state index contributed by atoms with van der Waals surface area (Å²) in [5, 5.41) is 2.46. The molecule has 0 radical (unpaired) electrons. The van der Waals surface area contributed by atoms with Crippen LogP contribution in [0.2, 0.25) is 0 Å². The van der Waals surface area contributed by atoms with Crippen LogP contribution in [0.25, 0.3) is 0 Å². The first kappa shape index (κ1) is 21.2. The first-order chi connectivity index (χ1) is 14.4. The Hall–Kier alpha value is -3.48. The fourth-order valence-electron chi connectivity index (χ4n) is 3.54. The zero-order valence-corrected chi connectivity index (χ0v) is 16.9. The Bertz CT molecular complexity index is 988. The zero-order valence-electron chi connectivity index (χ0n) is 16.9. The number of esters is 1. The molecule has 2 amide bonds. The molecular weight excluding hydrogens is 387 g/mol. The predicted octanol–water partition coefficient (Wildman–Crippen LogP) is 3.62. The summed E-state index contributed by atoms with van der Waals surface area (Å²) in [6.07, 6.45) is 0.0302. The van der Waals surface area contributed by atoms with E-state index < -0.39 is 23.6 Å². The van der Waals surface area contributed by atoms with Crippen molar-refractivity contribution >= 4 is 23.5 Å². The van der Waals surface area contributed by atoms with Crippen LogP contribution in [0.15, 0.2) is 65.9 Å². The monoisotopic (exact) mass is 410 g/mol. The summed E-state index contributed by atoms with van der Waals surface area (Å²) in [5.74, 6) is -2.40. The molecule has 1 unspecified atom stereocenters. The van der Waals surface area contributed by atoms with E-state index in [1.807, 2.05) is 30.3 Å². The average molecular weight is 410 g/mol. The second-order valence-corrected chi connectivity index (χ2v) is 6.89. The molecule has 7 heteroatoms. The molecule has 1 heterocycles. The molecule has 3 rings (SSSR count). The van der Waals surface area contributed by atoms with Gasteiger partial charge in [-0.15, -0.1) is 0 Å². The molecule has 1 aliphatic rings. The third-order valence-electron chi connectivity index (χ3n) is 4.97. The van der Waals surface area contributed by atoms with Gasteiger partial charge in [-0.2, -0.15) is 0 Å². The Labute approximate surface area is 174 Å². The molecule has 0 aliphatic carbocycles. The highest BCUT2D eigenvalue weighted by Gasteiger charge is 2.37. The van der Waals surface area contributed by atoms with Gasteiger partial charge in [0.1, 0.15) is 12.4 Å². The van der Waals surface area contributed by atoms with Crippen molar-refractivity contribution in [3.8, 4) is 0 Å². The molecule has 6 nitrogen and oxygen atoms in total. The second-order valence-electron chi connectivity index (χ2n) is 6.89. The lowest BCUT2D eigenvalue weighted by molar-refractivity contribution is -0.140. The molecule has 0 spiro atoms. The average Bonchev–Trinajstić information content (AvgIpc) is 2.73. The maximum Gasteiger partial charge on any atom is 0.336 e. The highest BCUT2D eigenvalue weighted by atomic mass is 19.1. The lowest BCUT2D eigenvalue weighted by atomic mass is 9.83. The van der Waals surface area contributed by atoms with E-state index in [2.05, 4.69) is 5.32 Å². The number of nitrogens with zero attached hydrogens (tertiary/aromatic N) is 1. The summed E-state index contributed by atoms with van der Waals surface area (Å²) in [6, 6.07) is 15.0. The lowest BCUT2D eigenvalue weighted by Crippen LogP contribution is -2.42. The van der Waals surface area contributed by atoms with Crippen LogP contribution < -0.4 is 5.32 Å². The number of ether oxygens (including phenoxy) is 1. The first-order valence-electron chi connectivity index (χ1n) is 9.70. The number of nitrogens with one attached hydrogen (secondary N) is 1. The van der Waals surface area contributed by atoms with Crippen LogP contribution >= 0.6 is 0 Å². The molecule has 156 valence electrons. The van der Waals surface area contributed by atoms with E-state index >= 15 is 0 Å². The Morgan fingerprint density at radius 1 is 1.13 bits per heavy atom. The largest absolute Gasteiger partial charge is 0.463 e. The van der Waals surface area contributed by atoms with Crippen molar-refractivity contribution < 1.29 is 23.5 Å². The number of hydrogen-bond acceptors (Lipinski definition) is 4. The Morgan fingerprint density at radius 2 is 1.80 bits per heavy atom. The van der Waals surface area contributed by atoms with Crippen molar-refractivity contribution in [1.82, 2.24) is 4.90 Å². The molecular formula is C23H23FN2O4. The molecule has 0 bridgehead atoms. The van der Waals surface area contributed by atoms with E-state index in [-0.39, 0.29) is 31.2 Å². The molecule has 1 atom stereocenters. The predicted molar refractivity (Wildman–Crippen MR) is 110 cm³/mol. The number of halogens is 1. The number of hydrogen-bond donors (Lipinski definition) is 1. The van der Waals surface area contributed by atoms with Gasteiger partial charge in [0, 0.05) is 18.0 Å². The van der Waals surface area contributed by atoms with Crippen molar-refractivity contribution in [2.75, 3.05) is 18.5 Å². The van der Waals surface area contributed by atoms with Crippen LogP contribution in [0, 0.1) is 5.82 Å². The van der Waals surface area contributed by atoms with Gasteiger partial charge in [-0.3, -0.25) is 9.59 Å².